The van der Waals surface area contributed by atoms with Crippen molar-refractivity contribution in [3.8, 4) is 0 Å². The average Bonchev–Trinajstić information content (AvgIpc) is 2.39. The highest BCUT2D eigenvalue weighted by Crippen LogP contribution is 2.19. The molecule has 0 aliphatic carbocycles. The molecule has 2 rings (SSSR count). The van der Waals surface area contributed by atoms with Gasteiger partial charge < -0.3 is 5.11 Å². The zero-order valence-corrected chi connectivity index (χ0v) is 9.50. The number of aliphatic hydroxyl groups is 1. The number of aryl methyl sites for hydroxylation is 1. The Morgan fingerprint density at radius 2 is 1.94 bits per heavy atom. The fourth-order valence-corrected chi connectivity index (χ4v) is 1.66. The number of carbonyl (C=O) groups excluding carboxylic acids is 1. The van der Waals surface area contributed by atoms with Crippen molar-refractivity contribution in [3.05, 3.63) is 65.5 Å². The lowest BCUT2D eigenvalue weighted by Gasteiger charge is -2.11. The molecule has 3 nitrogen and oxygen atoms in total. The van der Waals surface area contributed by atoms with Crippen molar-refractivity contribution in [1.29, 1.82) is 0 Å². The van der Waals surface area contributed by atoms with E-state index in [0.29, 0.717) is 11.1 Å². The summed E-state index contributed by atoms with van der Waals surface area (Å²) in [5.41, 5.74) is 1.88. The van der Waals surface area contributed by atoms with Gasteiger partial charge in [0, 0.05) is 18.0 Å². The first-order chi connectivity index (χ1) is 8.20. The average molecular weight is 227 g/mol. The molecule has 0 radical (unpaired) electrons. The molecule has 0 bridgehead atoms. The van der Waals surface area contributed by atoms with Crippen molar-refractivity contribution in [1.82, 2.24) is 4.98 Å². The largest absolute Gasteiger partial charge is 0.380 e. The smallest absolute Gasteiger partial charge is 0.197 e. The van der Waals surface area contributed by atoms with Crippen LogP contribution in [0.4, 0.5) is 0 Å². The van der Waals surface area contributed by atoms with E-state index < -0.39 is 6.10 Å². The molecule has 1 aromatic heterocycles. The first-order valence-corrected chi connectivity index (χ1v) is 5.38. The molecule has 3 heteroatoms. The second kappa shape index (κ2) is 4.89. The quantitative estimate of drug-likeness (QED) is 0.818. The third-order valence-electron chi connectivity index (χ3n) is 2.67. The molecule has 0 aliphatic rings. The van der Waals surface area contributed by atoms with Gasteiger partial charge in [-0.3, -0.25) is 9.78 Å². The number of aromatic nitrogens is 1. The van der Waals surface area contributed by atoms with Crippen LogP contribution < -0.4 is 0 Å². The molecule has 0 amide bonds. The van der Waals surface area contributed by atoms with E-state index in [0.717, 1.165) is 5.56 Å². The van der Waals surface area contributed by atoms with Gasteiger partial charge in [-0.05, 0) is 24.1 Å². The highest BCUT2D eigenvalue weighted by Gasteiger charge is 2.20. The van der Waals surface area contributed by atoms with E-state index in [1.165, 1.54) is 6.20 Å². The van der Waals surface area contributed by atoms with Gasteiger partial charge in [-0.1, -0.05) is 30.3 Å². The molecule has 86 valence electrons. The van der Waals surface area contributed by atoms with Crippen LogP contribution >= 0.6 is 0 Å². The Kier molecular flexibility index (Phi) is 3.30. The van der Waals surface area contributed by atoms with E-state index in [2.05, 4.69) is 4.98 Å². The van der Waals surface area contributed by atoms with Crippen molar-refractivity contribution in [2.24, 2.45) is 0 Å². The van der Waals surface area contributed by atoms with Gasteiger partial charge in [-0.2, -0.15) is 0 Å². The Morgan fingerprint density at radius 3 is 2.59 bits per heavy atom. The van der Waals surface area contributed by atoms with Gasteiger partial charge in [0.1, 0.15) is 6.10 Å². The molecular formula is C14H13NO2. The van der Waals surface area contributed by atoms with Crippen LogP contribution in [0.3, 0.4) is 0 Å². The molecule has 0 spiro atoms. The summed E-state index contributed by atoms with van der Waals surface area (Å²) in [6.07, 6.45) is 1.99. The summed E-state index contributed by atoms with van der Waals surface area (Å²) in [5.74, 6) is -0.318. The molecule has 0 fully saturated rings. The van der Waals surface area contributed by atoms with Crippen molar-refractivity contribution in [3.63, 3.8) is 0 Å². The standard InChI is InChI=1S/C14H13NO2/c1-10-7-8-15-9-12(10)14(17)13(16)11-5-3-2-4-6-11/h2-9,13,16H,1H3. The van der Waals surface area contributed by atoms with Crippen LogP contribution in [0.2, 0.25) is 0 Å². The molecule has 17 heavy (non-hydrogen) atoms. The van der Waals surface area contributed by atoms with Crippen LogP contribution in [-0.2, 0) is 0 Å². The maximum Gasteiger partial charge on any atom is 0.197 e. The monoisotopic (exact) mass is 227 g/mol. The van der Waals surface area contributed by atoms with E-state index in [1.54, 1.807) is 36.5 Å². The van der Waals surface area contributed by atoms with Crippen molar-refractivity contribution in [2.45, 2.75) is 13.0 Å². The molecule has 0 saturated heterocycles. The number of rotatable bonds is 3. The summed E-state index contributed by atoms with van der Waals surface area (Å²) in [5, 5.41) is 9.99. The Labute approximate surface area is 99.8 Å². The molecular weight excluding hydrogens is 214 g/mol. The van der Waals surface area contributed by atoms with Gasteiger partial charge in [0.15, 0.2) is 5.78 Å². The number of hydrogen-bond acceptors (Lipinski definition) is 3. The van der Waals surface area contributed by atoms with Crippen molar-refractivity contribution < 1.29 is 9.90 Å². The molecule has 1 atom stereocenters. The van der Waals surface area contributed by atoms with Gasteiger partial charge in [-0.25, -0.2) is 0 Å². The summed E-state index contributed by atoms with van der Waals surface area (Å²) in [6, 6.07) is 10.6. The highest BCUT2D eigenvalue weighted by molar-refractivity contribution is 6.00. The Balaban J connectivity index is 2.30. The minimum absolute atomic E-state index is 0.318. The van der Waals surface area contributed by atoms with Crippen LogP contribution in [0.15, 0.2) is 48.8 Å². The molecule has 1 N–H and O–H groups in total. The van der Waals surface area contributed by atoms with Crippen LogP contribution in [0.5, 0.6) is 0 Å². The second-order valence-electron chi connectivity index (χ2n) is 3.87. The van der Waals surface area contributed by atoms with E-state index in [-0.39, 0.29) is 5.78 Å². The van der Waals surface area contributed by atoms with Crippen molar-refractivity contribution in [2.75, 3.05) is 0 Å². The number of ketones is 1. The molecule has 1 aromatic carbocycles. The number of aliphatic hydroxyl groups excluding tert-OH is 1. The molecule has 0 saturated carbocycles. The predicted octanol–water partition coefficient (Wildman–Crippen LogP) is 2.31. The number of carbonyl (C=O) groups is 1. The summed E-state index contributed by atoms with van der Waals surface area (Å²) in [4.78, 5) is 16.0. The molecule has 0 aliphatic heterocycles. The number of Topliss-reactive ketones (excluding diaryl/α,β-unsaturated/α-hetero) is 1. The Bertz CT molecular complexity index is 523. The lowest BCUT2D eigenvalue weighted by atomic mass is 9.98. The van der Waals surface area contributed by atoms with Gasteiger partial charge >= 0.3 is 0 Å². The summed E-state index contributed by atoms with van der Waals surface area (Å²) < 4.78 is 0. The molecule has 1 unspecified atom stereocenters. The normalized spacial score (nSPS) is 12.1. The van der Waals surface area contributed by atoms with Crippen LogP contribution in [0, 0.1) is 6.92 Å². The zero-order chi connectivity index (χ0) is 12.3. The topological polar surface area (TPSA) is 50.2 Å². The summed E-state index contributed by atoms with van der Waals surface area (Å²) in [6.45, 7) is 1.83. The van der Waals surface area contributed by atoms with E-state index in [9.17, 15) is 9.90 Å². The fourth-order valence-electron chi connectivity index (χ4n) is 1.66. The maximum absolute atomic E-state index is 12.1. The molecule has 2 aromatic rings. The molecule has 1 heterocycles. The zero-order valence-electron chi connectivity index (χ0n) is 9.50. The lowest BCUT2D eigenvalue weighted by Crippen LogP contribution is -2.13. The first kappa shape index (κ1) is 11.5. The van der Waals surface area contributed by atoms with E-state index >= 15 is 0 Å². The van der Waals surface area contributed by atoms with Gasteiger partial charge in [0.05, 0.1) is 0 Å². The summed E-state index contributed by atoms with van der Waals surface area (Å²) >= 11 is 0. The number of benzene rings is 1. The van der Waals surface area contributed by atoms with Crippen LogP contribution in [-0.4, -0.2) is 15.9 Å². The maximum atomic E-state index is 12.1. The number of hydrogen-bond donors (Lipinski definition) is 1. The summed E-state index contributed by atoms with van der Waals surface area (Å²) in [7, 11) is 0. The minimum atomic E-state index is -1.13. The highest BCUT2D eigenvalue weighted by atomic mass is 16.3. The van der Waals surface area contributed by atoms with Crippen molar-refractivity contribution >= 4 is 5.78 Å². The second-order valence-corrected chi connectivity index (χ2v) is 3.87. The lowest BCUT2D eigenvalue weighted by molar-refractivity contribution is 0.0746. The van der Waals surface area contributed by atoms with E-state index in [1.807, 2.05) is 13.0 Å². The Morgan fingerprint density at radius 1 is 1.24 bits per heavy atom. The SMILES string of the molecule is Cc1ccncc1C(=O)C(O)c1ccccc1. The van der Waals surface area contributed by atoms with Gasteiger partial charge in [0.2, 0.25) is 0 Å². The van der Waals surface area contributed by atoms with Crippen LogP contribution in [0.1, 0.15) is 27.6 Å². The fraction of sp³-hybridized carbons (Fsp3) is 0.143. The third kappa shape index (κ3) is 2.40. The Hall–Kier alpha value is -2.00. The number of nitrogens with zero attached hydrogens (tertiary/aromatic N) is 1. The van der Waals surface area contributed by atoms with Gasteiger partial charge in [-0.15, -0.1) is 0 Å². The predicted molar refractivity (Wildman–Crippen MR) is 64.7 cm³/mol. The first-order valence-electron chi connectivity index (χ1n) is 5.38. The van der Waals surface area contributed by atoms with E-state index in [4.69, 9.17) is 0 Å². The van der Waals surface area contributed by atoms with Crippen LogP contribution in [0.25, 0.3) is 0 Å². The van der Waals surface area contributed by atoms with Gasteiger partial charge in [0.25, 0.3) is 0 Å². The minimum Gasteiger partial charge on any atom is -0.380 e. The number of pyridine rings is 1. The third-order valence-corrected chi connectivity index (χ3v) is 2.67.